The van der Waals surface area contributed by atoms with Crippen LogP contribution >= 0.6 is 11.6 Å². The highest BCUT2D eigenvalue weighted by Gasteiger charge is 2.45. The molecule has 0 radical (unpaired) electrons. The highest BCUT2D eigenvalue weighted by molar-refractivity contribution is 7.88. The van der Waals surface area contributed by atoms with Gasteiger partial charge in [-0.1, -0.05) is 18.2 Å². The van der Waals surface area contributed by atoms with Gasteiger partial charge in [0.05, 0.1) is 12.6 Å². The Hall–Kier alpha value is -1.42. The van der Waals surface area contributed by atoms with E-state index < -0.39 is 10.0 Å². The summed E-state index contributed by atoms with van der Waals surface area (Å²) in [6, 6.07) is 0.579. The largest absolute Gasteiger partial charge is 0.390 e. The van der Waals surface area contributed by atoms with Gasteiger partial charge in [0.15, 0.2) is 0 Å². The van der Waals surface area contributed by atoms with E-state index in [0.29, 0.717) is 36.5 Å². The van der Waals surface area contributed by atoms with Crippen molar-refractivity contribution in [3.63, 3.8) is 0 Å². The Kier molecular flexibility index (Phi) is 7.50. The van der Waals surface area contributed by atoms with Crippen LogP contribution in [-0.2, 0) is 14.8 Å². The molecule has 1 aliphatic carbocycles. The lowest BCUT2D eigenvalue weighted by Crippen LogP contribution is -2.47. The Morgan fingerprint density at radius 3 is 2.23 bits per heavy atom. The molecule has 2 N–H and O–H groups in total. The molecule has 2 aliphatic heterocycles. The van der Waals surface area contributed by atoms with Crippen molar-refractivity contribution >= 4 is 33.9 Å². The predicted molar refractivity (Wildman–Crippen MR) is 124 cm³/mol. The molecule has 0 aromatic carbocycles. The lowest BCUT2D eigenvalue weighted by atomic mass is 10.0. The van der Waals surface area contributed by atoms with Crippen molar-refractivity contribution in [2.75, 3.05) is 39.5 Å². The number of hydrogen-bond acceptors (Lipinski definition) is 5. The van der Waals surface area contributed by atoms with E-state index in [0.717, 1.165) is 45.1 Å². The summed E-state index contributed by atoms with van der Waals surface area (Å²) in [5.41, 5.74) is 6.21. The van der Waals surface area contributed by atoms with Crippen LogP contribution < -0.4 is 5.73 Å². The van der Waals surface area contributed by atoms with Gasteiger partial charge in [-0.2, -0.15) is 0 Å². The van der Waals surface area contributed by atoms with Gasteiger partial charge in [0.1, 0.15) is 5.70 Å². The Bertz CT molecular complexity index is 865. The fourth-order valence-corrected chi connectivity index (χ4v) is 6.07. The van der Waals surface area contributed by atoms with Crippen molar-refractivity contribution in [1.82, 2.24) is 14.1 Å². The maximum Gasteiger partial charge on any atom is 0.272 e. The van der Waals surface area contributed by atoms with E-state index in [9.17, 15) is 13.2 Å². The first-order chi connectivity index (χ1) is 14.5. The molecular weight excluding hydrogens is 438 g/mol. The molecule has 3 fully saturated rings. The molecule has 1 saturated carbocycles. The Morgan fingerprint density at radius 2 is 1.77 bits per heavy atom. The number of halogens is 1. The highest BCUT2D eigenvalue weighted by atomic mass is 35.5. The minimum Gasteiger partial charge on any atom is -0.390 e. The molecule has 0 bridgehead atoms. The molecule has 0 aromatic rings. The number of amides is 1. The lowest BCUT2D eigenvalue weighted by Gasteiger charge is -2.37. The average molecular weight is 472 g/mol. The lowest BCUT2D eigenvalue weighted by molar-refractivity contribution is -0.128. The fourth-order valence-electron chi connectivity index (χ4n) is 5.27. The Labute approximate surface area is 190 Å². The molecule has 2 saturated heterocycles. The van der Waals surface area contributed by atoms with Crippen molar-refractivity contribution in [2.45, 2.75) is 44.7 Å². The maximum absolute atomic E-state index is 12.9. The van der Waals surface area contributed by atoms with Crippen LogP contribution in [0.25, 0.3) is 0 Å². The molecule has 8 nitrogen and oxygen atoms in total. The molecule has 174 valence electrons. The van der Waals surface area contributed by atoms with Gasteiger partial charge >= 0.3 is 0 Å². The summed E-state index contributed by atoms with van der Waals surface area (Å²) in [7, 11) is -1.44. The van der Waals surface area contributed by atoms with Gasteiger partial charge in [-0.25, -0.2) is 17.7 Å². The van der Waals surface area contributed by atoms with Gasteiger partial charge in [0.2, 0.25) is 10.0 Å². The van der Waals surface area contributed by atoms with E-state index in [1.807, 2.05) is 4.90 Å². The van der Waals surface area contributed by atoms with Crippen LogP contribution in [0, 0.1) is 11.8 Å². The summed E-state index contributed by atoms with van der Waals surface area (Å²) >= 11 is 5.97. The first kappa shape index (κ1) is 24.2. The van der Waals surface area contributed by atoms with Gasteiger partial charge in [-0.05, 0) is 50.0 Å². The zero-order valence-electron chi connectivity index (χ0n) is 18.6. The van der Waals surface area contributed by atoms with E-state index in [1.54, 1.807) is 18.3 Å². The van der Waals surface area contributed by atoms with Crippen LogP contribution in [0.3, 0.4) is 0 Å². The van der Waals surface area contributed by atoms with E-state index in [4.69, 9.17) is 17.3 Å². The first-order valence-electron chi connectivity index (χ1n) is 10.8. The van der Waals surface area contributed by atoms with Gasteiger partial charge in [0, 0.05) is 50.3 Å². The molecule has 10 heteroatoms. The molecule has 0 spiro atoms. The molecule has 31 heavy (non-hydrogen) atoms. The second-order valence-electron chi connectivity index (χ2n) is 9.06. The fraction of sp³-hybridized carbons (Fsp3) is 0.714. The SMILES string of the molecule is C=C(Cl)/C(C)=C(\N=CN)C(=O)N1CCC(N2C[C@H]3CC(N(C)S(C)(=O)=O)C[C@H]3C2)CC1. The number of hydrogen-bond donors (Lipinski definition) is 1. The summed E-state index contributed by atoms with van der Waals surface area (Å²) < 4.78 is 25.3. The number of carbonyl (C=O) groups excluding carboxylic acids is 1. The number of rotatable bonds is 6. The minimum atomic E-state index is -3.14. The summed E-state index contributed by atoms with van der Waals surface area (Å²) in [5, 5.41) is 0.285. The average Bonchev–Trinajstić information content (AvgIpc) is 3.29. The molecular formula is C21H34ClN5O3S. The van der Waals surface area contributed by atoms with Crippen LogP contribution in [0.5, 0.6) is 0 Å². The van der Waals surface area contributed by atoms with Crippen molar-refractivity contribution in [2.24, 2.45) is 22.6 Å². The number of likely N-dealkylation sites (tertiary alicyclic amines) is 2. The summed E-state index contributed by atoms with van der Waals surface area (Å²) in [5.74, 6) is 0.948. The smallest absolute Gasteiger partial charge is 0.272 e. The number of fused-ring (bicyclic) bond motifs is 1. The van der Waals surface area contributed by atoms with Gasteiger partial charge in [0.25, 0.3) is 5.91 Å². The number of nitrogens with zero attached hydrogens (tertiary/aromatic N) is 4. The van der Waals surface area contributed by atoms with Crippen LogP contribution in [0.15, 0.2) is 27.9 Å². The quantitative estimate of drug-likeness (QED) is 0.274. The molecule has 0 aromatic heterocycles. The van der Waals surface area contributed by atoms with Crippen molar-refractivity contribution in [3.8, 4) is 0 Å². The Balaban J connectivity index is 1.54. The van der Waals surface area contributed by atoms with E-state index >= 15 is 0 Å². The van der Waals surface area contributed by atoms with E-state index in [-0.39, 0.29) is 22.7 Å². The molecule has 1 unspecified atom stereocenters. The van der Waals surface area contributed by atoms with E-state index in [2.05, 4.69) is 16.5 Å². The van der Waals surface area contributed by atoms with Gasteiger partial charge < -0.3 is 10.6 Å². The van der Waals surface area contributed by atoms with E-state index in [1.165, 1.54) is 6.26 Å². The summed E-state index contributed by atoms with van der Waals surface area (Å²) in [6.07, 6.45) is 6.10. The third-order valence-electron chi connectivity index (χ3n) is 7.23. The molecule has 3 rings (SSSR count). The summed E-state index contributed by atoms with van der Waals surface area (Å²) in [6.45, 7) is 8.78. The zero-order chi connectivity index (χ0) is 22.9. The summed E-state index contributed by atoms with van der Waals surface area (Å²) in [4.78, 5) is 21.3. The predicted octanol–water partition coefficient (Wildman–Crippen LogP) is 1.59. The maximum atomic E-state index is 12.9. The Morgan fingerprint density at radius 1 is 1.23 bits per heavy atom. The van der Waals surface area contributed by atoms with Crippen molar-refractivity contribution < 1.29 is 13.2 Å². The number of aliphatic imine (C=N–C) groups is 1. The number of carbonyl (C=O) groups is 1. The standard InChI is InChI=1S/C21H34ClN5O3S/c1-14(15(2)22)20(24-13-23)21(28)26-7-5-18(6-8-26)27-11-16-9-19(10-17(16)12-27)25(3)31(4,29)30/h13,16-19H,2,5-12H2,1,3-4H3,(H2,23,24)/b20-14-/t16-,17+,19?. The zero-order valence-corrected chi connectivity index (χ0v) is 20.2. The van der Waals surface area contributed by atoms with Gasteiger partial charge in [-0.3, -0.25) is 9.69 Å². The van der Waals surface area contributed by atoms with Crippen molar-refractivity contribution in [1.29, 1.82) is 0 Å². The number of piperidine rings is 1. The molecule has 1 amide bonds. The number of nitrogens with two attached hydrogens (primary N) is 1. The third kappa shape index (κ3) is 5.32. The van der Waals surface area contributed by atoms with Crippen LogP contribution in [0.4, 0.5) is 0 Å². The van der Waals surface area contributed by atoms with Crippen molar-refractivity contribution in [3.05, 3.63) is 22.9 Å². The number of allylic oxidation sites excluding steroid dienone is 2. The van der Waals surface area contributed by atoms with Crippen LogP contribution in [-0.4, -0.2) is 86.3 Å². The van der Waals surface area contributed by atoms with Crippen LogP contribution in [0.2, 0.25) is 0 Å². The highest BCUT2D eigenvalue weighted by Crippen LogP contribution is 2.42. The molecule has 2 heterocycles. The number of sulfonamides is 1. The second kappa shape index (κ2) is 9.60. The topological polar surface area (TPSA) is 99.3 Å². The monoisotopic (exact) mass is 471 g/mol. The molecule has 3 aliphatic rings. The third-order valence-corrected chi connectivity index (χ3v) is 8.86. The second-order valence-corrected chi connectivity index (χ2v) is 11.6. The first-order valence-corrected chi connectivity index (χ1v) is 13.0. The normalized spacial score (nSPS) is 28.9. The molecule has 3 atom stereocenters. The van der Waals surface area contributed by atoms with Gasteiger partial charge in [-0.15, -0.1) is 0 Å². The van der Waals surface area contributed by atoms with Crippen LogP contribution in [0.1, 0.15) is 32.6 Å². The minimum absolute atomic E-state index is 0.125.